The smallest absolute Gasteiger partial charge is 0.349 e. The molecule has 2 heterocycles. The molecule has 8 heteroatoms. The van der Waals surface area contributed by atoms with E-state index in [1.165, 1.54) is 18.4 Å². The third-order valence-electron chi connectivity index (χ3n) is 5.65. The first-order valence-electron chi connectivity index (χ1n) is 10.8. The van der Waals surface area contributed by atoms with Crippen LogP contribution in [0.5, 0.6) is 0 Å². The molecule has 0 atom stereocenters. The molecule has 0 fully saturated rings. The van der Waals surface area contributed by atoms with Gasteiger partial charge in [0.1, 0.15) is 10.6 Å². The van der Waals surface area contributed by atoms with Gasteiger partial charge in [-0.15, -0.1) is 11.3 Å². The van der Waals surface area contributed by atoms with E-state index in [1.807, 2.05) is 67.6 Å². The van der Waals surface area contributed by atoms with Crippen molar-refractivity contribution in [3.8, 4) is 16.9 Å². The fourth-order valence-electron chi connectivity index (χ4n) is 3.95. The molecule has 5 aromatic rings. The molecule has 35 heavy (non-hydrogen) atoms. The van der Waals surface area contributed by atoms with Gasteiger partial charge in [0.25, 0.3) is 5.91 Å². The van der Waals surface area contributed by atoms with Crippen LogP contribution in [0.15, 0.2) is 78.9 Å². The Morgan fingerprint density at radius 3 is 2.37 bits per heavy atom. The standard InChI is InChI=1S/C27H20ClN3O3S/c1-16-22(24(17-9-5-3-6-10-17)30-31(16)19-11-7-4-8-12-19)26(32)29-18-13-14-20-21(15-18)35-25(23(20)28)27(33)34-2/h3-15H,1-2H3,(H,29,32). The molecule has 1 N–H and O–H groups in total. The molecule has 0 saturated carbocycles. The van der Waals surface area contributed by atoms with Crippen LogP contribution in [-0.4, -0.2) is 28.8 Å². The Bertz CT molecular complexity index is 1560. The number of nitrogens with one attached hydrogen (secondary N) is 1. The molecule has 5 rings (SSSR count). The Morgan fingerprint density at radius 2 is 1.69 bits per heavy atom. The summed E-state index contributed by atoms with van der Waals surface area (Å²) in [7, 11) is 1.32. The predicted octanol–water partition coefficient (Wildman–Crippen LogP) is 6.75. The molecule has 3 aromatic carbocycles. The van der Waals surface area contributed by atoms with E-state index in [-0.39, 0.29) is 5.91 Å². The van der Waals surface area contributed by atoms with Crippen molar-refractivity contribution in [2.75, 3.05) is 12.4 Å². The quantitative estimate of drug-likeness (QED) is 0.270. The van der Waals surface area contributed by atoms with Crippen molar-refractivity contribution < 1.29 is 14.3 Å². The second-order valence-electron chi connectivity index (χ2n) is 7.82. The number of fused-ring (bicyclic) bond motifs is 1. The second-order valence-corrected chi connectivity index (χ2v) is 9.25. The van der Waals surface area contributed by atoms with Gasteiger partial charge >= 0.3 is 5.97 Å². The van der Waals surface area contributed by atoms with Crippen molar-refractivity contribution in [2.24, 2.45) is 0 Å². The normalized spacial score (nSPS) is 10.9. The van der Waals surface area contributed by atoms with Crippen LogP contribution >= 0.6 is 22.9 Å². The highest BCUT2D eigenvalue weighted by Gasteiger charge is 2.24. The molecule has 0 aliphatic rings. The van der Waals surface area contributed by atoms with Crippen molar-refractivity contribution >= 4 is 50.6 Å². The number of aromatic nitrogens is 2. The lowest BCUT2D eigenvalue weighted by atomic mass is 10.1. The minimum Gasteiger partial charge on any atom is -0.465 e. The zero-order chi connectivity index (χ0) is 24.5. The van der Waals surface area contributed by atoms with Gasteiger partial charge in [-0.2, -0.15) is 5.10 Å². The fourth-order valence-corrected chi connectivity index (χ4v) is 5.42. The second kappa shape index (κ2) is 9.37. The molecule has 0 aliphatic heterocycles. The van der Waals surface area contributed by atoms with Crippen LogP contribution in [-0.2, 0) is 4.74 Å². The Hall–Kier alpha value is -3.94. The van der Waals surface area contributed by atoms with Crippen LogP contribution in [0.2, 0.25) is 5.02 Å². The molecule has 0 unspecified atom stereocenters. The third kappa shape index (κ3) is 4.20. The van der Waals surface area contributed by atoms with Gasteiger partial charge in [0, 0.05) is 21.3 Å². The number of esters is 1. The summed E-state index contributed by atoms with van der Waals surface area (Å²) in [6, 6.07) is 24.7. The van der Waals surface area contributed by atoms with Crippen molar-refractivity contribution in [1.29, 1.82) is 0 Å². The number of carbonyl (C=O) groups is 2. The minimum atomic E-state index is -0.488. The summed E-state index contributed by atoms with van der Waals surface area (Å²) in [4.78, 5) is 25.9. The minimum absolute atomic E-state index is 0.279. The van der Waals surface area contributed by atoms with E-state index in [9.17, 15) is 9.59 Å². The van der Waals surface area contributed by atoms with E-state index in [1.54, 1.807) is 22.9 Å². The lowest BCUT2D eigenvalue weighted by molar-refractivity contribution is 0.0606. The van der Waals surface area contributed by atoms with Crippen LogP contribution < -0.4 is 5.32 Å². The van der Waals surface area contributed by atoms with Gasteiger partial charge in [0.15, 0.2) is 0 Å². The Balaban J connectivity index is 1.55. The summed E-state index contributed by atoms with van der Waals surface area (Å²) in [6.45, 7) is 1.88. The molecule has 2 aromatic heterocycles. The molecule has 0 spiro atoms. The maximum atomic E-state index is 13.6. The third-order valence-corrected chi connectivity index (χ3v) is 7.29. The molecule has 0 saturated heterocycles. The molecule has 0 aliphatic carbocycles. The highest BCUT2D eigenvalue weighted by Crippen LogP contribution is 2.37. The number of hydrogen-bond donors (Lipinski definition) is 1. The summed E-state index contributed by atoms with van der Waals surface area (Å²) >= 11 is 7.59. The molecular formula is C27H20ClN3O3S. The first-order chi connectivity index (χ1) is 17.0. The van der Waals surface area contributed by atoms with Crippen LogP contribution in [0.4, 0.5) is 5.69 Å². The predicted molar refractivity (Wildman–Crippen MR) is 140 cm³/mol. The summed E-state index contributed by atoms with van der Waals surface area (Å²) in [6.07, 6.45) is 0. The number of nitrogens with zero attached hydrogens (tertiary/aromatic N) is 2. The molecule has 6 nitrogen and oxygen atoms in total. The Morgan fingerprint density at radius 1 is 1.00 bits per heavy atom. The number of hydrogen-bond acceptors (Lipinski definition) is 5. The van der Waals surface area contributed by atoms with Crippen molar-refractivity contribution in [3.05, 3.63) is 100 Å². The monoisotopic (exact) mass is 501 g/mol. The van der Waals surface area contributed by atoms with Gasteiger partial charge in [-0.05, 0) is 37.3 Å². The number of methoxy groups -OCH3 is 1. The van der Waals surface area contributed by atoms with Crippen molar-refractivity contribution in [3.63, 3.8) is 0 Å². The molecule has 1 amide bonds. The van der Waals surface area contributed by atoms with E-state index in [4.69, 9.17) is 21.4 Å². The number of thiophene rings is 1. The SMILES string of the molecule is COC(=O)c1sc2cc(NC(=O)c3c(-c4ccccc4)nn(-c4ccccc4)c3C)ccc2c1Cl. The van der Waals surface area contributed by atoms with Gasteiger partial charge < -0.3 is 10.1 Å². The molecule has 0 radical (unpaired) electrons. The summed E-state index contributed by atoms with van der Waals surface area (Å²) in [5.41, 5.74) is 4.10. The summed E-state index contributed by atoms with van der Waals surface area (Å²) in [5.74, 6) is -0.767. The van der Waals surface area contributed by atoms with E-state index in [0.717, 1.165) is 27.0 Å². The van der Waals surface area contributed by atoms with E-state index >= 15 is 0 Å². The average Bonchev–Trinajstić information content (AvgIpc) is 3.41. The number of anilines is 1. The van der Waals surface area contributed by atoms with Gasteiger partial charge in [-0.1, -0.05) is 60.1 Å². The number of carbonyl (C=O) groups excluding carboxylic acids is 2. The zero-order valence-corrected chi connectivity index (χ0v) is 20.5. The van der Waals surface area contributed by atoms with Crippen LogP contribution in [0.25, 0.3) is 27.0 Å². The van der Waals surface area contributed by atoms with Crippen LogP contribution in [0, 0.1) is 6.92 Å². The first-order valence-corrected chi connectivity index (χ1v) is 12.0. The molecular weight excluding hydrogens is 482 g/mol. The van der Waals surface area contributed by atoms with Gasteiger partial charge in [0.2, 0.25) is 0 Å². The van der Waals surface area contributed by atoms with E-state index in [0.29, 0.717) is 26.8 Å². The zero-order valence-electron chi connectivity index (χ0n) is 18.9. The van der Waals surface area contributed by atoms with Crippen molar-refractivity contribution in [2.45, 2.75) is 6.92 Å². The number of para-hydroxylation sites is 1. The number of rotatable bonds is 5. The number of halogens is 1. The van der Waals surface area contributed by atoms with Crippen LogP contribution in [0.1, 0.15) is 25.7 Å². The van der Waals surface area contributed by atoms with Gasteiger partial charge in [-0.3, -0.25) is 4.79 Å². The summed E-state index contributed by atoms with van der Waals surface area (Å²) in [5, 5.41) is 8.87. The maximum absolute atomic E-state index is 13.6. The maximum Gasteiger partial charge on any atom is 0.349 e. The van der Waals surface area contributed by atoms with Crippen molar-refractivity contribution in [1.82, 2.24) is 9.78 Å². The largest absolute Gasteiger partial charge is 0.465 e. The lowest BCUT2D eigenvalue weighted by Crippen LogP contribution is -2.14. The number of ether oxygens (including phenoxy) is 1. The van der Waals surface area contributed by atoms with E-state index in [2.05, 4.69) is 5.32 Å². The number of amides is 1. The van der Waals surface area contributed by atoms with Gasteiger partial charge in [-0.25, -0.2) is 9.48 Å². The topological polar surface area (TPSA) is 73.2 Å². The Kier molecular flexibility index (Phi) is 6.11. The fraction of sp³-hybridized carbons (Fsp3) is 0.0741. The van der Waals surface area contributed by atoms with Gasteiger partial charge in [0.05, 0.1) is 29.1 Å². The summed E-state index contributed by atoms with van der Waals surface area (Å²) < 4.78 is 7.37. The average molecular weight is 502 g/mol. The lowest BCUT2D eigenvalue weighted by Gasteiger charge is -2.08. The number of benzene rings is 3. The van der Waals surface area contributed by atoms with E-state index < -0.39 is 5.97 Å². The Labute approximate surface area is 210 Å². The van der Waals surface area contributed by atoms with Crippen LogP contribution in [0.3, 0.4) is 0 Å². The highest BCUT2D eigenvalue weighted by atomic mass is 35.5. The first kappa shape index (κ1) is 22.8. The molecule has 0 bridgehead atoms. The molecule has 174 valence electrons. The highest BCUT2D eigenvalue weighted by molar-refractivity contribution is 7.21.